The van der Waals surface area contributed by atoms with Crippen molar-refractivity contribution in [3.63, 3.8) is 0 Å². The van der Waals surface area contributed by atoms with Crippen LogP contribution in [-0.2, 0) is 6.54 Å². The number of likely N-dealkylation sites (N-methyl/N-ethyl adjacent to an activating group) is 1. The van der Waals surface area contributed by atoms with E-state index in [0.29, 0.717) is 5.69 Å². The van der Waals surface area contributed by atoms with E-state index >= 15 is 0 Å². The molecule has 1 saturated heterocycles. The van der Waals surface area contributed by atoms with Gasteiger partial charge < -0.3 is 14.7 Å². The summed E-state index contributed by atoms with van der Waals surface area (Å²) in [7, 11) is 2.08. The summed E-state index contributed by atoms with van der Waals surface area (Å²) in [5.41, 5.74) is 2.84. The summed E-state index contributed by atoms with van der Waals surface area (Å²) in [6.07, 6.45) is 1.82. The maximum atomic E-state index is 12.6. The Hall–Kier alpha value is -2.40. The van der Waals surface area contributed by atoms with Gasteiger partial charge in [-0.1, -0.05) is 30.3 Å². The van der Waals surface area contributed by atoms with Crippen molar-refractivity contribution in [2.75, 3.05) is 44.7 Å². The number of hydrogen-bond donors (Lipinski definition) is 0. The Bertz CT molecular complexity index is 679. The second-order valence-electron chi connectivity index (χ2n) is 6.50. The van der Waals surface area contributed by atoms with Crippen LogP contribution in [-0.4, -0.2) is 60.5 Å². The number of benzene rings is 1. The molecule has 1 aliphatic heterocycles. The first kappa shape index (κ1) is 17.4. The van der Waals surface area contributed by atoms with E-state index in [0.717, 1.165) is 45.0 Å². The number of nitrogens with zero attached hydrogens (tertiary/aromatic N) is 4. The van der Waals surface area contributed by atoms with Crippen molar-refractivity contribution in [2.45, 2.75) is 13.5 Å². The number of hydrogen-bond acceptors (Lipinski definition) is 4. The zero-order valence-electron chi connectivity index (χ0n) is 15.1. The van der Waals surface area contributed by atoms with Crippen LogP contribution in [0.5, 0.6) is 0 Å². The molecule has 0 spiro atoms. The normalized spacial score (nSPS) is 15.2. The summed E-state index contributed by atoms with van der Waals surface area (Å²) >= 11 is 0. The number of piperazine rings is 1. The molecular weight excluding hydrogens is 312 g/mol. The molecule has 1 aromatic heterocycles. The molecule has 0 N–H and O–H groups in total. The molecule has 0 atom stereocenters. The van der Waals surface area contributed by atoms with Crippen LogP contribution in [0.1, 0.15) is 23.0 Å². The first-order valence-corrected chi connectivity index (χ1v) is 8.90. The molecule has 2 aromatic rings. The van der Waals surface area contributed by atoms with Crippen LogP contribution in [0.25, 0.3) is 0 Å². The molecule has 2 heterocycles. The zero-order valence-corrected chi connectivity index (χ0v) is 15.1. The van der Waals surface area contributed by atoms with Crippen molar-refractivity contribution in [1.29, 1.82) is 0 Å². The van der Waals surface area contributed by atoms with Crippen LogP contribution >= 0.6 is 0 Å². The van der Waals surface area contributed by atoms with Crippen LogP contribution in [0.3, 0.4) is 0 Å². The lowest BCUT2D eigenvalue weighted by atomic mass is 10.2. The topological polar surface area (TPSA) is 39.7 Å². The second-order valence-corrected chi connectivity index (χ2v) is 6.50. The number of carbonyl (C=O) groups is 1. The van der Waals surface area contributed by atoms with Gasteiger partial charge in [0.15, 0.2) is 0 Å². The Kier molecular flexibility index (Phi) is 5.66. The Morgan fingerprint density at radius 1 is 1.08 bits per heavy atom. The molecule has 0 radical (unpaired) electrons. The van der Waals surface area contributed by atoms with Gasteiger partial charge in [-0.3, -0.25) is 4.79 Å². The molecule has 1 fully saturated rings. The van der Waals surface area contributed by atoms with E-state index in [-0.39, 0.29) is 5.91 Å². The fourth-order valence-electron chi connectivity index (χ4n) is 3.06. The van der Waals surface area contributed by atoms with Crippen LogP contribution in [0.4, 0.5) is 5.69 Å². The molecule has 3 rings (SSSR count). The van der Waals surface area contributed by atoms with Crippen LogP contribution in [0.2, 0.25) is 0 Å². The lowest BCUT2D eigenvalue weighted by Crippen LogP contribution is -2.47. The molecule has 0 unspecified atom stereocenters. The maximum absolute atomic E-state index is 12.6. The maximum Gasteiger partial charge on any atom is 0.272 e. The molecule has 25 heavy (non-hydrogen) atoms. The minimum Gasteiger partial charge on any atom is -0.366 e. The van der Waals surface area contributed by atoms with Gasteiger partial charge in [0.1, 0.15) is 5.69 Å². The molecule has 1 amide bonds. The standard InChI is InChI=1S/C20H26N4O/c1-3-23(16-17-7-5-4-6-8-17)18-9-10-19(21-15-18)20(25)24-13-11-22(2)12-14-24/h4-10,15H,3,11-14,16H2,1-2H3. The molecule has 5 heteroatoms. The monoisotopic (exact) mass is 338 g/mol. The van der Waals surface area contributed by atoms with E-state index in [2.05, 4.69) is 53.0 Å². The fourth-order valence-corrected chi connectivity index (χ4v) is 3.06. The summed E-state index contributed by atoms with van der Waals surface area (Å²) in [5, 5.41) is 0. The SMILES string of the molecule is CCN(Cc1ccccc1)c1ccc(C(=O)N2CCN(C)CC2)nc1. The lowest BCUT2D eigenvalue weighted by Gasteiger charge is -2.32. The van der Waals surface area contributed by atoms with Gasteiger partial charge in [0, 0.05) is 39.3 Å². The fraction of sp³-hybridized carbons (Fsp3) is 0.400. The molecule has 132 valence electrons. The Balaban J connectivity index is 1.67. The van der Waals surface area contributed by atoms with E-state index in [4.69, 9.17) is 0 Å². The third kappa shape index (κ3) is 4.37. The van der Waals surface area contributed by atoms with Gasteiger partial charge in [0.05, 0.1) is 11.9 Å². The third-order valence-electron chi connectivity index (χ3n) is 4.72. The quantitative estimate of drug-likeness (QED) is 0.840. The van der Waals surface area contributed by atoms with Crippen molar-refractivity contribution in [2.24, 2.45) is 0 Å². The summed E-state index contributed by atoms with van der Waals surface area (Å²) in [4.78, 5) is 23.4. The van der Waals surface area contributed by atoms with Gasteiger partial charge in [0.25, 0.3) is 5.91 Å². The van der Waals surface area contributed by atoms with E-state index < -0.39 is 0 Å². The highest BCUT2D eigenvalue weighted by molar-refractivity contribution is 5.92. The van der Waals surface area contributed by atoms with Crippen molar-refractivity contribution in [3.05, 3.63) is 59.9 Å². The van der Waals surface area contributed by atoms with Gasteiger partial charge in [0.2, 0.25) is 0 Å². The minimum absolute atomic E-state index is 0.0331. The molecular formula is C20H26N4O. The number of amides is 1. The summed E-state index contributed by atoms with van der Waals surface area (Å²) < 4.78 is 0. The first-order chi connectivity index (χ1) is 12.2. The summed E-state index contributed by atoms with van der Waals surface area (Å²) in [6.45, 7) is 7.25. The molecule has 0 aliphatic carbocycles. The smallest absolute Gasteiger partial charge is 0.272 e. The molecule has 0 saturated carbocycles. The largest absolute Gasteiger partial charge is 0.366 e. The van der Waals surface area contributed by atoms with Crippen LogP contribution in [0.15, 0.2) is 48.7 Å². The molecule has 1 aliphatic rings. The third-order valence-corrected chi connectivity index (χ3v) is 4.72. The highest BCUT2D eigenvalue weighted by atomic mass is 16.2. The molecule has 0 bridgehead atoms. The van der Waals surface area contributed by atoms with E-state index in [1.54, 1.807) is 0 Å². The Morgan fingerprint density at radius 2 is 1.80 bits per heavy atom. The molecule has 5 nitrogen and oxygen atoms in total. The van der Waals surface area contributed by atoms with Crippen LogP contribution < -0.4 is 4.90 Å². The minimum atomic E-state index is 0.0331. The van der Waals surface area contributed by atoms with Crippen molar-refractivity contribution >= 4 is 11.6 Å². The highest BCUT2D eigenvalue weighted by Gasteiger charge is 2.21. The van der Waals surface area contributed by atoms with Gasteiger partial charge >= 0.3 is 0 Å². The summed E-state index contributed by atoms with van der Waals surface area (Å²) in [6, 6.07) is 14.2. The lowest BCUT2D eigenvalue weighted by molar-refractivity contribution is 0.0658. The van der Waals surface area contributed by atoms with Crippen molar-refractivity contribution in [3.8, 4) is 0 Å². The average Bonchev–Trinajstić information content (AvgIpc) is 2.67. The van der Waals surface area contributed by atoms with Gasteiger partial charge in [-0.15, -0.1) is 0 Å². The molecule has 1 aromatic carbocycles. The number of rotatable bonds is 5. The Morgan fingerprint density at radius 3 is 2.40 bits per heavy atom. The predicted octanol–water partition coefficient (Wildman–Crippen LogP) is 2.50. The van der Waals surface area contributed by atoms with E-state index in [9.17, 15) is 4.79 Å². The second kappa shape index (κ2) is 8.12. The van der Waals surface area contributed by atoms with Crippen LogP contribution in [0, 0.1) is 0 Å². The highest BCUT2D eigenvalue weighted by Crippen LogP contribution is 2.17. The zero-order chi connectivity index (χ0) is 17.6. The Labute approximate surface area is 149 Å². The summed E-state index contributed by atoms with van der Waals surface area (Å²) in [5.74, 6) is 0.0331. The van der Waals surface area contributed by atoms with Crippen molar-refractivity contribution in [1.82, 2.24) is 14.8 Å². The van der Waals surface area contributed by atoms with Gasteiger partial charge in [-0.05, 0) is 31.7 Å². The van der Waals surface area contributed by atoms with Gasteiger partial charge in [-0.25, -0.2) is 4.98 Å². The number of pyridine rings is 1. The number of anilines is 1. The predicted molar refractivity (Wildman–Crippen MR) is 101 cm³/mol. The average molecular weight is 338 g/mol. The first-order valence-electron chi connectivity index (χ1n) is 8.90. The van der Waals surface area contributed by atoms with E-state index in [1.165, 1.54) is 5.56 Å². The number of carbonyl (C=O) groups excluding carboxylic acids is 1. The van der Waals surface area contributed by atoms with Crippen molar-refractivity contribution < 1.29 is 4.79 Å². The van der Waals surface area contributed by atoms with Gasteiger partial charge in [-0.2, -0.15) is 0 Å². The van der Waals surface area contributed by atoms with E-state index in [1.807, 2.05) is 29.3 Å². The number of aromatic nitrogens is 1.